The number of aromatic nitrogens is 2. The second kappa shape index (κ2) is 4.94. The number of nitrogens with one attached hydrogen (secondary N) is 2. The largest absolute Gasteiger partial charge is 0.365 e. The molecule has 1 saturated carbocycles. The highest BCUT2D eigenvalue weighted by atomic mass is 16.2. The lowest BCUT2D eigenvalue weighted by Crippen LogP contribution is -2.25. The van der Waals surface area contributed by atoms with E-state index < -0.39 is 5.91 Å². The standard InChI is InChI=1S/C17H18N4O2/c18-14(22)11-9-19-21-15(11)20-16(23)13-8-17(13)7-3-5-10-4-1-2-6-12(10)17/h1-2,4,6,9,13H,3,5,7-8H2,(H2,18,22)(H2,19,20,21,23)/t13-,17+/m0/s1. The molecule has 1 fully saturated rings. The molecule has 1 heterocycles. The summed E-state index contributed by atoms with van der Waals surface area (Å²) in [7, 11) is 0. The smallest absolute Gasteiger partial charge is 0.254 e. The number of amides is 2. The Bertz CT molecular complexity index is 797. The zero-order valence-electron chi connectivity index (χ0n) is 12.6. The average Bonchev–Trinajstić information content (AvgIpc) is 3.06. The number of H-pyrrole nitrogens is 1. The Labute approximate surface area is 133 Å². The van der Waals surface area contributed by atoms with Gasteiger partial charge in [-0.05, 0) is 36.8 Å². The number of nitrogens with zero attached hydrogens (tertiary/aromatic N) is 1. The number of carbonyl (C=O) groups excluding carboxylic acids is 2. The third-order valence-corrected chi connectivity index (χ3v) is 5.17. The number of hydrogen-bond donors (Lipinski definition) is 3. The normalized spacial score (nSPS) is 25.0. The molecular weight excluding hydrogens is 292 g/mol. The van der Waals surface area contributed by atoms with Crippen LogP contribution in [0.5, 0.6) is 0 Å². The van der Waals surface area contributed by atoms with Gasteiger partial charge in [0.2, 0.25) is 5.91 Å². The van der Waals surface area contributed by atoms with Crippen LogP contribution in [0.1, 0.15) is 40.7 Å². The molecule has 0 saturated heterocycles. The van der Waals surface area contributed by atoms with E-state index in [9.17, 15) is 9.59 Å². The van der Waals surface area contributed by atoms with Gasteiger partial charge in [0.05, 0.1) is 6.20 Å². The van der Waals surface area contributed by atoms with Crippen molar-refractivity contribution in [1.82, 2.24) is 10.2 Å². The molecule has 2 aliphatic carbocycles. The van der Waals surface area contributed by atoms with Gasteiger partial charge in [-0.3, -0.25) is 14.7 Å². The van der Waals surface area contributed by atoms with Gasteiger partial charge >= 0.3 is 0 Å². The summed E-state index contributed by atoms with van der Waals surface area (Å²) in [5.41, 5.74) is 8.11. The molecule has 23 heavy (non-hydrogen) atoms. The van der Waals surface area contributed by atoms with E-state index in [0.29, 0.717) is 0 Å². The molecule has 4 N–H and O–H groups in total. The Morgan fingerprint density at radius 2 is 2.17 bits per heavy atom. The van der Waals surface area contributed by atoms with Crippen LogP contribution in [-0.4, -0.2) is 22.0 Å². The lowest BCUT2D eigenvalue weighted by molar-refractivity contribution is -0.117. The molecule has 0 aliphatic heterocycles. The maximum absolute atomic E-state index is 12.6. The molecule has 6 nitrogen and oxygen atoms in total. The molecule has 2 aliphatic rings. The Kier molecular flexibility index (Phi) is 3.01. The van der Waals surface area contributed by atoms with Gasteiger partial charge in [0.1, 0.15) is 11.4 Å². The van der Waals surface area contributed by atoms with E-state index in [0.717, 1.165) is 25.7 Å². The van der Waals surface area contributed by atoms with Crippen molar-refractivity contribution in [3.05, 3.63) is 47.2 Å². The molecule has 1 spiro atoms. The number of hydrogen-bond acceptors (Lipinski definition) is 3. The number of benzene rings is 1. The highest BCUT2D eigenvalue weighted by molar-refractivity contribution is 6.03. The first-order chi connectivity index (χ1) is 11.1. The van der Waals surface area contributed by atoms with E-state index in [4.69, 9.17) is 5.73 Å². The van der Waals surface area contributed by atoms with Crippen LogP contribution >= 0.6 is 0 Å². The number of fused-ring (bicyclic) bond motifs is 2. The quantitative estimate of drug-likeness (QED) is 0.805. The van der Waals surface area contributed by atoms with Gasteiger partial charge in [-0.25, -0.2) is 0 Å². The lowest BCUT2D eigenvalue weighted by atomic mass is 9.78. The van der Waals surface area contributed by atoms with Gasteiger partial charge < -0.3 is 11.1 Å². The number of aromatic amines is 1. The predicted molar refractivity (Wildman–Crippen MR) is 84.9 cm³/mol. The maximum atomic E-state index is 12.6. The average molecular weight is 310 g/mol. The Hall–Kier alpha value is -2.63. The molecule has 6 heteroatoms. The van der Waals surface area contributed by atoms with Crippen molar-refractivity contribution in [2.45, 2.75) is 31.1 Å². The van der Waals surface area contributed by atoms with Crippen LogP contribution in [-0.2, 0) is 16.6 Å². The van der Waals surface area contributed by atoms with Gasteiger partial charge in [-0.2, -0.15) is 5.10 Å². The molecule has 0 bridgehead atoms. The molecule has 4 rings (SSSR count). The summed E-state index contributed by atoms with van der Waals surface area (Å²) in [6.07, 6.45) is 5.41. The van der Waals surface area contributed by atoms with E-state index in [1.165, 1.54) is 17.3 Å². The highest BCUT2D eigenvalue weighted by Crippen LogP contribution is 2.60. The molecule has 2 aromatic rings. The van der Waals surface area contributed by atoms with Crippen LogP contribution in [0.25, 0.3) is 0 Å². The van der Waals surface area contributed by atoms with E-state index in [1.807, 2.05) is 6.07 Å². The molecule has 0 unspecified atom stereocenters. The fourth-order valence-electron chi connectivity index (χ4n) is 3.95. The van der Waals surface area contributed by atoms with Crippen LogP contribution in [0, 0.1) is 5.92 Å². The fraction of sp³-hybridized carbons (Fsp3) is 0.353. The monoisotopic (exact) mass is 310 g/mol. The Balaban J connectivity index is 1.57. The van der Waals surface area contributed by atoms with Gasteiger partial charge in [-0.1, -0.05) is 24.3 Å². The van der Waals surface area contributed by atoms with E-state index in [-0.39, 0.29) is 28.6 Å². The minimum atomic E-state index is -0.609. The van der Waals surface area contributed by atoms with Gasteiger partial charge in [0.25, 0.3) is 5.91 Å². The number of carbonyl (C=O) groups is 2. The summed E-state index contributed by atoms with van der Waals surface area (Å²) < 4.78 is 0. The zero-order chi connectivity index (χ0) is 16.0. The van der Waals surface area contributed by atoms with Crippen LogP contribution in [0.15, 0.2) is 30.5 Å². The first-order valence-electron chi connectivity index (χ1n) is 7.84. The zero-order valence-corrected chi connectivity index (χ0v) is 12.6. The summed E-state index contributed by atoms with van der Waals surface area (Å²) >= 11 is 0. The van der Waals surface area contributed by atoms with Gasteiger partial charge in [0.15, 0.2) is 0 Å². The molecular formula is C17H18N4O2. The molecule has 2 amide bonds. The van der Waals surface area contributed by atoms with E-state index >= 15 is 0 Å². The number of aryl methyl sites for hydroxylation is 1. The van der Waals surface area contributed by atoms with Crippen molar-refractivity contribution in [3.63, 3.8) is 0 Å². The highest BCUT2D eigenvalue weighted by Gasteiger charge is 2.60. The van der Waals surface area contributed by atoms with Crippen LogP contribution < -0.4 is 11.1 Å². The Morgan fingerprint density at radius 1 is 1.35 bits per heavy atom. The van der Waals surface area contributed by atoms with Crippen LogP contribution in [0.2, 0.25) is 0 Å². The van der Waals surface area contributed by atoms with Crippen molar-refractivity contribution in [3.8, 4) is 0 Å². The Morgan fingerprint density at radius 3 is 3.00 bits per heavy atom. The van der Waals surface area contributed by atoms with Gasteiger partial charge in [0, 0.05) is 11.3 Å². The maximum Gasteiger partial charge on any atom is 0.254 e. The van der Waals surface area contributed by atoms with Crippen molar-refractivity contribution in [2.75, 3.05) is 5.32 Å². The first kappa shape index (κ1) is 14.0. The molecule has 2 atom stereocenters. The van der Waals surface area contributed by atoms with Crippen LogP contribution in [0.3, 0.4) is 0 Å². The summed E-state index contributed by atoms with van der Waals surface area (Å²) in [4.78, 5) is 23.9. The van der Waals surface area contributed by atoms with Crippen LogP contribution in [0.4, 0.5) is 5.82 Å². The minimum absolute atomic E-state index is 0.0359. The molecule has 1 aromatic heterocycles. The second-order valence-electron chi connectivity index (χ2n) is 6.44. The summed E-state index contributed by atoms with van der Waals surface area (Å²) in [6.45, 7) is 0. The van der Waals surface area contributed by atoms with Gasteiger partial charge in [-0.15, -0.1) is 0 Å². The van der Waals surface area contributed by atoms with E-state index in [2.05, 4.69) is 33.7 Å². The molecule has 118 valence electrons. The summed E-state index contributed by atoms with van der Waals surface area (Å²) in [5, 5.41) is 9.18. The van der Waals surface area contributed by atoms with Crippen molar-refractivity contribution < 1.29 is 9.59 Å². The topological polar surface area (TPSA) is 101 Å². The molecule has 0 radical (unpaired) electrons. The van der Waals surface area contributed by atoms with Crippen molar-refractivity contribution in [2.24, 2.45) is 11.7 Å². The number of primary amides is 1. The second-order valence-corrected chi connectivity index (χ2v) is 6.44. The first-order valence-corrected chi connectivity index (χ1v) is 7.84. The summed E-state index contributed by atoms with van der Waals surface area (Å²) in [6, 6.07) is 8.40. The number of rotatable bonds is 3. The fourth-order valence-corrected chi connectivity index (χ4v) is 3.95. The molecule has 1 aromatic carbocycles. The van der Waals surface area contributed by atoms with E-state index in [1.54, 1.807) is 0 Å². The third-order valence-electron chi connectivity index (χ3n) is 5.17. The number of anilines is 1. The summed E-state index contributed by atoms with van der Waals surface area (Å²) in [5.74, 6) is -0.461. The lowest BCUT2D eigenvalue weighted by Gasteiger charge is -2.26. The SMILES string of the molecule is NC(=O)c1cn[nH]c1NC(=O)[C@@H]1C[C@@]12CCCc1ccccc12. The number of nitrogens with two attached hydrogens (primary N) is 1. The minimum Gasteiger partial charge on any atom is -0.365 e. The predicted octanol–water partition coefficient (Wildman–Crippen LogP) is 1.74. The third kappa shape index (κ3) is 2.13. The van der Waals surface area contributed by atoms with Crippen molar-refractivity contribution >= 4 is 17.6 Å². The van der Waals surface area contributed by atoms with Crippen molar-refractivity contribution in [1.29, 1.82) is 0 Å².